The minimum Gasteiger partial charge on any atom is -0.463 e. The molecule has 0 saturated heterocycles. The van der Waals surface area contributed by atoms with Crippen molar-refractivity contribution in [1.82, 2.24) is 4.83 Å². The van der Waals surface area contributed by atoms with Crippen LogP contribution in [0.3, 0.4) is 0 Å². The molecule has 9 nitrogen and oxygen atoms in total. The summed E-state index contributed by atoms with van der Waals surface area (Å²) >= 11 is 0. The SMILES string of the molecule is Cc1ccc(S(=O)(=O)N/N=C2/C[C@@](C)(O)[C@@H](C(=O)OC(C)C)[C@H](c3ccccc3)[C@@H]2C(=O)OC(C)C)cc1. The summed E-state index contributed by atoms with van der Waals surface area (Å²) in [7, 11) is -4.08. The van der Waals surface area contributed by atoms with Crippen molar-refractivity contribution in [3.05, 3.63) is 65.7 Å². The molecular formula is C28H36N2O7S. The largest absolute Gasteiger partial charge is 0.463 e. The van der Waals surface area contributed by atoms with Crippen molar-refractivity contribution < 1.29 is 32.6 Å². The molecule has 0 bridgehead atoms. The molecule has 0 spiro atoms. The highest BCUT2D eigenvalue weighted by Gasteiger charge is 2.56. The Bertz CT molecular complexity index is 1270. The maximum absolute atomic E-state index is 13.5. The van der Waals surface area contributed by atoms with Gasteiger partial charge in [0.25, 0.3) is 10.0 Å². The summed E-state index contributed by atoms with van der Waals surface area (Å²) in [6, 6.07) is 15.0. The van der Waals surface area contributed by atoms with Crippen LogP contribution in [-0.2, 0) is 29.1 Å². The first-order valence-corrected chi connectivity index (χ1v) is 14.0. The average molecular weight is 545 g/mol. The van der Waals surface area contributed by atoms with Gasteiger partial charge in [0.15, 0.2) is 0 Å². The summed E-state index contributed by atoms with van der Waals surface area (Å²) in [5.74, 6) is -4.59. The van der Waals surface area contributed by atoms with Crippen molar-refractivity contribution in [1.29, 1.82) is 0 Å². The maximum atomic E-state index is 13.5. The number of carbonyl (C=O) groups is 2. The van der Waals surface area contributed by atoms with E-state index in [1.54, 1.807) is 70.2 Å². The van der Waals surface area contributed by atoms with E-state index in [4.69, 9.17) is 9.47 Å². The summed E-state index contributed by atoms with van der Waals surface area (Å²) in [5, 5.41) is 15.7. The third kappa shape index (κ3) is 6.79. The highest BCUT2D eigenvalue weighted by molar-refractivity contribution is 7.89. The van der Waals surface area contributed by atoms with E-state index < -0.39 is 57.5 Å². The number of hydrazone groups is 1. The molecule has 1 saturated carbocycles. The molecule has 2 aromatic rings. The Labute approximate surface area is 224 Å². The summed E-state index contributed by atoms with van der Waals surface area (Å²) in [4.78, 5) is 29.1. The molecule has 2 aromatic carbocycles. The zero-order chi connectivity index (χ0) is 28.3. The zero-order valence-corrected chi connectivity index (χ0v) is 23.4. The molecule has 0 aromatic heterocycles. The van der Waals surface area contributed by atoms with E-state index in [2.05, 4.69) is 9.93 Å². The second-order valence-corrected chi connectivity index (χ2v) is 12.1. The predicted molar refractivity (Wildman–Crippen MR) is 143 cm³/mol. The molecule has 3 rings (SSSR count). The number of aliphatic hydroxyl groups is 1. The number of aryl methyl sites for hydroxylation is 1. The second-order valence-electron chi connectivity index (χ2n) is 10.4. The minimum absolute atomic E-state index is 0.00526. The van der Waals surface area contributed by atoms with Gasteiger partial charge < -0.3 is 14.6 Å². The van der Waals surface area contributed by atoms with E-state index in [-0.39, 0.29) is 17.0 Å². The number of benzene rings is 2. The lowest BCUT2D eigenvalue weighted by molar-refractivity contribution is -0.167. The van der Waals surface area contributed by atoms with Gasteiger partial charge in [-0.3, -0.25) is 9.59 Å². The molecule has 0 unspecified atom stereocenters. The first kappa shape index (κ1) is 29.3. The Morgan fingerprint density at radius 1 is 0.974 bits per heavy atom. The van der Waals surface area contributed by atoms with Gasteiger partial charge in [-0.25, -0.2) is 4.83 Å². The lowest BCUT2D eigenvalue weighted by atomic mass is 9.61. The molecule has 206 valence electrons. The number of carbonyl (C=O) groups excluding carboxylic acids is 2. The van der Waals surface area contributed by atoms with Crippen molar-refractivity contribution in [2.75, 3.05) is 0 Å². The topological polar surface area (TPSA) is 131 Å². The standard InChI is InChI=1S/C28H36N2O7S/c1-17(2)36-26(31)24-22(29-30-38(34,35)21-14-12-19(5)13-15-21)16-28(6,33)25(27(32)37-18(3)4)23(24)20-10-8-7-9-11-20/h7-15,17-18,23-25,30,33H,16H2,1-6H3/b29-22-/t23-,24-,25-,28-/m1/s1. The highest BCUT2D eigenvalue weighted by Crippen LogP contribution is 2.47. The van der Waals surface area contributed by atoms with Crippen LogP contribution in [0.25, 0.3) is 0 Å². The average Bonchev–Trinajstić information content (AvgIpc) is 2.81. The molecule has 0 amide bonds. The predicted octanol–water partition coefficient (Wildman–Crippen LogP) is 3.70. The van der Waals surface area contributed by atoms with Gasteiger partial charge in [0.2, 0.25) is 0 Å². The molecule has 4 atom stereocenters. The minimum atomic E-state index is -4.08. The Morgan fingerprint density at radius 3 is 2.08 bits per heavy atom. The number of hydrogen-bond acceptors (Lipinski definition) is 8. The van der Waals surface area contributed by atoms with Gasteiger partial charge in [-0.15, -0.1) is 0 Å². The van der Waals surface area contributed by atoms with Crippen LogP contribution in [0.5, 0.6) is 0 Å². The lowest BCUT2D eigenvalue weighted by Gasteiger charge is -2.45. The quantitative estimate of drug-likeness (QED) is 0.383. The van der Waals surface area contributed by atoms with Gasteiger partial charge in [0.1, 0.15) is 5.92 Å². The van der Waals surface area contributed by atoms with Crippen LogP contribution in [-0.4, -0.2) is 49.0 Å². The molecule has 0 radical (unpaired) electrons. The summed E-state index contributed by atoms with van der Waals surface area (Å²) in [6.45, 7) is 10.1. The number of esters is 2. The molecule has 1 aliphatic carbocycles. The monoisotopic (exact) mass is 544 g/mol. The van der Waals surface area contributed by atoms with E-state index in [0.29, 0.717) is 5.56 Å². The number of nitrogens with zero attached hydrogens (tertiary/aromatic N) is 1. The number of hydrogen-bond donors (Lipinski definition) is 2. The number of rotatable bonds is 8. The lowest BCUT2D eigenvalue weighted by Crippen LogP contribution is -2.56. The number of ether oxygens (including phenoxy) is 2. The molecule has 1 aliphatic rings. The van der Waals surface area contributed by atoms with E-state index in [0.717, 1.165) is 5.56 Å². The van der Waals surface area contributed by atoms with Gasteiger partial charge in [-0.2, -0.15) is 13.5 Å². The number of nitrogens with one attached hydrogen (secondary N) is 1. The van der Waals surface area contributed by atoms with Gasteiger partial charge in [-0.1, -0.05) is 48.0 Å². The Hall–Kier alpha value is -3.24. The molecule has 0 heterocycles. The van der Waals surface area contributed by atoms with Gasteiger partial charge in [-0.05, 0) is 59.2 Å². The van der Waals surface area contributed by atoms with Crippen LogP contribution in [0.4, 0.5) is 0 Å². The second kappa shape index (κ2) is 11.7. The number of sulfonamides is 1. The molecule has 38 heavy (non-hydrogen) atoms. The Morgan fingerprint density at radius 2 is 1.53 bits per heavy atom. The van der Waals surface area contributed by atoms with Crippen LogP contribution in [0.15, 0.2) is 64.6 Å². The van der Waals surface area contributed by atoms with Crippen molar-refractivity contribution in [3.63, 3.8) is 0 Å². The van der Waals surface area contributed by atoms with Crippen molar-refractivity contribution in [3.8, 4) is 0 Å². The van der Waals surface area contributed by atoms with Crippen molar-refractivity contribution in [2.45, 2.75) is 76.6 Å². The van der Waals surface area contributed by atoms with Gasteiger partial charge in [0, 0.05) is 12.3 Å². The van der Waals surface area contributed by atoms with Crippen LogP contribution in [0.1, 0.15) is 58.1 Å². The van der Waals surface area contributed by atoms with Crippen LogP contribution in [0.2, 0.25) is 0 Å². The fourth-order valence-electron chi connectivity index (χ4n) is 4.73. The fraction of sp³-hybridized carbons (Fsp3) is 0.464. The van der Waals surface area contributed by atoms with E-state index >= 15 is 0 Å². The smallest absolute Gasteiger partial charge is 0.315 e. The van der Waals surface area contributed by atoms with E-state index in [1.165, 1.54) is 19.1 Å². The third-order valence-electron chi connectivity index (χ3n) is 6.32. The van der Waals surface area contributed by atoms with Gasteiger partial charge in [0.05, 0.1) is 34.3 Å². The first-order valence-electron chi connectivity index (χ1n) is 12.6. The summed E-state index contributed by atoms with van der Waals surface area (Å²) < 4.78 is 37.0. The van der Waals surface area contributed by atoms with Crippen molar-refractivity contribution in [2.24, 2.45) is 16.9 Å². The molecule has 0 aliphatic heterocycles. The summed E-state index contributed by atoms with van der Waals surface area (Å²) in [6.07, 6.45) is -1.19. The Balaban J connectivity index is 2.15. The van der Waals surface area contributed by atoms with Crippen LogP contribution < -0.4 is 4.83 Å². The third-order valence-corrected chi connectivity index (χ3v) is 7.55. The first-order chi connectivity index (χ1) is 17.7. The molecule has 10 heteroatoms. The maximum Gasteiger partial charge on any atom is 0.315 e. The van der Waals surface area contributed by atoms with E-state index in [1.807, 2.05) is 6.92 Å². The zero-order valence-electron chi connectivity index (χ0n) is 22.5. The molecule has 1 fully saturated rings. The van der Waals surface area contributed by atoms with Crippen LogP contribution >= 0.6 is 0 Å². The van der Waals surface area contributed by atoms with E-state index in [9.17, 15) is 23.1 Å². The Kier molecular flexibility index (Phi) is 8.99. The molecule has 2 N–H and O–H groups in total. The fourth-order valence-corrected chi connectivity index (χ4v) is 5.56. The van der Waals surface area contributed by atoms with Crippen molar-refractivity contribution >= 4 is 27.7 Å². The normalized spacial score (nSPS) is 24.9. The van der Waals surface area contributed by atoms with Crippen LogP contribution in [0, 0.1) is 18.8 Å². The van der Waals surface area contributed by atoms with Gasteiger partial charge >= 0.3 is 11.9 Å². The summed E-state index contributed by atoms with van der Waals surface area (Å²) in [5.41, 5.74) is -0.188. The molecular weight excluding hydrogens is 508 g/mol. The highest BCUT2D eigenvalue weighted by atomic mass is 32.2.